The van der Waals surface area contributed by atoms with Gasteiger partial charge in [0.25, 0.3) is 0 Å². The summed E-state index contributed by atoms with van der Waals surface area (Å²) in [7, 11) is 0. The van der Waals surface area contributed by atoms with Gasteiger partial charge >= 0.3 is 0 Å². The Labute approximate surface area is 248 Å². The Bertz CT molecular complexity index is 662. The standard InChI is InChI=1S/C32H61NO8/c1-3-5-7-9-10-11-12-13-14-15-16-18-19-21-26(35)25(33-28(36)22-20-17-8-6-4-2)24-40-32-31(39)30(38)29(37)27(23-34)41-32/h19,21,25-27,29-32,34-35,37-39H,3-18,20,22-24H2,1-2H3,(H,33,36)/b21-19+/t25-,26+,27+,29+,30-,31+,32+/m0/s1. The number of nitrogens with one attached hydrogen (secondary N) is 1. The number of allylic oxidation sites excluding steroid dienone is 1. The molecule has 1 rings (SSSR count). The van der Waals surface area contributed by atoms with Crippen molar-refractivity contribution in [2.24, 2.45) is 0 Å². The summed E-state index contributed by atoms with van der Waals surface area (Å²) in [5.74, 6) is -0.193. The molecule has 41 heavy (non-hydrogen) atoms. The minimum atomic E-state index is -1.56. The number of rotatable bonds is 25. The van der Waals surface area contributed by atoms with Crippen LogP contribution in [-0.2, 0) is 14.3 Å². The van der Waals surface area contributed by atoms with Crippen LogP contribution in [0.2, 0.25) is 0 Å². The summed E-state index contributed by atoms with van der Waals surface area (Å²) in [6, 6.07) is -0.793. The molecule has 0 bridgehead atoms. The van der Waals surface area contributed by atoms with Crippen molar-refractivity contribution in [2.45, 2.75) is 172 Å². The smallest absolute Gasteiger partial charge is 0.220 e. The number of aliphatic hydroxyl groups excluding tert-OH is 5. The molecule has 9 nitrogen and oxygen atoms in total. The average Bonchev–Trinajstić information content (AvgIpc) is 2.97. The fourth-order valence-electron chi connectivity index (χ4n) is 5.09. The van der Waals surface area contributed by atoms with E-state index in [1.165, 1.54) is 57.8 Å². The first-order valence-electron chi connectivity index (χ1n) is 16.4. The molecule has 9 heteroatoms. The molecule has 0 aromatic heterocycles. The summed E-state index contributed by atoms with van der Waals surface area (Å²) in [5, 5.41) is 53.4. The van der Waals surface area contributed by atoms with Gasteiger partial charge in [0.05, 0.1) is 25.4 Å². The van der Waals surface area contributed by atoms with Gasteiger partial charge in [0.2, 0.25) is 5.91 Å². The van der Waals surface area contributed by atoms with E-state index in [0.29, 0.717) is 6.42 Å². The van der Waals surface area contributed by atoms with Gasteiger partial charge < -0.3 is 40.3 Å². The van der Waals surface area contributed by atoms with E-state index in [0.717, 1.165) is 51.4 Å². The van der Waals surface area contributed by atoms with E-state index in [4.69, 9.17) is 9.47 Å². The lowest BCUT2D eigenvalue weighted by Crippen LogP contribution is -2.60. The van der Waals surface area contributed by atoms with E-state index in [9.17, 15) is 30.3 Å². The van der Waals surface area contributed by atoms with Gasteiger partial charge in [-0.1, -0.05) is 116 Å². The van der Waals surface area contributed by atoms with E-state index in [1.807, 2.05) is 6.08 Å². The number of hydrogen-bond acceptors (Lipinski definition) is 8. The van der Waals surface area contributed by atoms with Crippen molar-refractivity contribution in [1.82, 2.24) is 5.32 Å². The SMILES string of the molecule is CCCCCCCCCCCCC/C=C/[C@@H](O)[C@H](CO[C@@H]1O[C@H](CO)[C@@H](O)[C@H](O)[C@H]1O)NC(=O)CCCCCCC. The molecule has 1 aliphatic rings. The first kappa shape index (κ1) is 38.0. The Kier molecular flexibility index (Phi) is 22.6. The van der Waals surface area contributed by atoms with E-state index in [-0.39, 0.29) is 12.5 Å². The molecule has 6 N–H and O–H groups in total. The number of unbranched alkanes of at least 4 members (excludes halogenated alkanes) is 15. The fraction of sp³-hybridized carbons (Fsp3) is 0.906. The first-order chi connectivity index (χ1) is 19.8. The summed E-state index contributed by atoms with van der Waals surface area (Å²) in [6.07, 6.45) is 15.8. The summed E-state index contributed by atoms with van der Waals surface area (Å²) in [5.41, 5.74) is 0. The third-order valence-corrected chi connectivity index (χ3v) is 7.86. The Morgan fingerprint density at radius 2 is 1.34 bits per heavy atom. The van der Waals surface area contributed by atoms with E-state index in [2.05, 4.69) is 19.2 Å². The van der Waals surface area contributed by atoms with Gasteiger partial charge in [-0.3, -0.25) is 4.79 Å². The van der Waals surface area contributed by atoms with Crippen LogP contribution in [0.4, 0.5) is 0 Å². The van der Waals surface area contributed by atoms with E-state index in [1.54, 1.807) is 6.08 Å². The normalized spacial score (nSPS) is 24.5. The largest absolute Gasteiger partial charge is 0.394 e. The summed E-state index contributed by atoms with van der Waals surface area (Å²) < 4.78 is 11.0. The number of aliphatic hydroxyl groups is 5. The van der Waals surface area contributed by atoms with Gasteiger partial charge in [0.15, 0.2) is 6.29 Å². The Morgan fingerprint density at radius 1 is 0.805 bits per heavy atom. The number of hydrogen-bond donors (Lipinski definition) is 6. The van der Waals surface area contributed by atoms with Gasteiger partial charge in [0.1, 0.15) is 24.4 Å². The highest BCUT2D eigenvalue weighted by Gasteiger charge is 2.44. The van der Waals surface area contributed by atoms with Crippen molar-refractivity contribution in [3.05, 3.63) is 12.2 Å². The third kappa shape index (κ3) is 17.0. The molecule has 0 unspecified atom stereocenters. The molecular formula is C32H61NO8. The Hall–Kier alpha value is -1.07. The van der Waals surface area contributed by atoms with Crippen LogP contribution in [0.3, 0.4) is 0 Å². The molecule has 242 valence electrons. The summed E-state index contributed by atoms with van der Waals surface area (Å²) in [4.78, 5) is 12.6. The zero-order chi connectivity index (χ0) is 30.3. The van der Waals surface area contributed by atoms with Gasteiger partial charge in [-0.05, 0) is 19.3 Å². The number of amides is 1. The zero-order valence-corrected chi connectivity index (χ0v) is 25.8. The topological polar surface area (TPSA) is 149 Å². The molecule has 0 aromatic rings. The Morgan fingerprint density at radius 3 is 1.90 bits per heavy atom. The second-order valence-electron chi connectivity index (χ2n) is 11.6. The molecule has 0 aliphatic carbocycles. The van der Waals surface area contributed by atoms with Crippen LogP contribution in [-0.4, -0.2) is 87.5 Å². The molecular weight excluding hydrogens is 526 g/mol. The lowest BCUT2D eigenvalue weighted by atomic mass is 9.99. The maximum atomic E-state index is 12.6. The average molecular weight is 588 g/mol. The molecule has 1 amide bonds. The van der Waals surface area contributed by atoms with Crippen molar-refractivity contribution >= 4 is 5.91 Å². The minimum absolute atomic E-state index is 0.186. The van der Waals surface area contributed by atoms with Gasteiger partial charge in [-0.2, -0.15) is 0 Å². The lowest BCUT2D eigenvalue weighted by Gasteiger charge is -2.40. The molecule has 0 aromatic carbocycles. The quantitative estimate of drug-likeness (QED) is 0.0685. The van der Waals surface area contributed by atoms with Crippen LogP contribution in [0.15, 0.2) is 12.2 Å². The summed E-state index contributed by atoms with van der Waals surface area (Å²) in [6.45, 7) is 3.63. The molecule has 0 radical (unpaired) electrons. The third-order valence-electron chi connectivity index (χ3n) is 7.86. The minimum Gasteiger partial charge on any atom is -0.394 e. The fourth-order valence-corrected chi connectivity index (χ4v) is 5.09. The van der Waals surface area contributed by atoms with Crippen molar-refractivity contribution < 1.29 is 39.8 Å². The highest BCUT2D eigenvalue weighted by atomic mass is 16.7. The van der Waals surface area contributed by atoms with Crippen LogP contribution in [0.25, 0.3) is 0 Å². The van der Waals surface area contributed by atoms with Crippen LogP contribution in [0.5, 0.6) is 0 Å². The first-order valence-corrected chi connectivity index (χ1v) is 16.4. The van der Waals surface area contributed by atoms with Crippen molar-refractivity contribution in [2.75, 3.05) is 13.2 Å². The molecule has 0 spiro atoms. The molecule has 1 heterocycles. The maximum absolute atomic E-state index is 12.6. The highest BCUT2D eigenvalue weighted by molar-refractivity contribution is 5.76. The predicted molar refractivity (Wildman–Crippen MR) is 161 cm³/mol. The van der Waals surface area contributed by atoms with Crippen LogP contribution in [0, 0.1) is 0 Å². The predicted octanol–water partition coefficient (Wildman–Crippen LogP) is 4.27. The van der Waals surface area contributed by atoms with E-state index >= 15 is 0 Å². The van der Waals surface area contributed by atoms with Gasteiger partial charge in [0, 0.05) is 6.42 Å². The maximum Gasteiger partial charge on any atom is 0.220 e. The molecule has 1 fully saturated rings. The second-order valence-corrected chi connectivity index (χ2v) is 11.6. The zero-order valence-electron chi connectivity index (χ0n) is 25.8. The molecule has 1 saturated heterocycles. The molecule has 1 aliphatic heterocycles. The Balaban J connectivity index is 2.50. The number of carbonyl (C=O) groups is 1. The van der Waals surface area contributed by atoms with Gasteiger partial charge in [-0.15, -0.1) is 0 Å². The monoisotopic (exact) mass is 587 g/mol. The van der Waals surface area contributed by atoms with Crippen molar-refractivity contribution in [3.8, 4) is 0 Å². The summed E-state index contributed by atoms with van der Waals surface area (Å²) >= 11 is 0. The van der Waals surface area contributed by atoms with Crippen molar-refractivity contribution in [3.63, 3.8) is 0 Å². The van der Waals surface area contributed by atoms with Crippen molar-refractivity contribution in [1.29, 1.82) is 0 Å². The highest BCUT2D eigenvalue weighted by Crippen LogP contribution is 2.22. The second kappa shape index (κ2) is 24.4. The molecule has 7 atom stereocenters. The number of ether oxygens (including phenoxy) is 2. The lowest BCUT2D eigenvalue weighted by molar-refractivity contribution is -0.302. The van der Waals surface area contributed by atoms with E-state index < -0.39 is 49.5 Å². The van der Waals surface area contributed by atoms with Crippen LogP contribution < -0.4 is 5.32 Å². The number of carbonyl (C=O) groups excluding carboxylic acids is 1. The van der Waals surface area contributed by atoms with Crippen LogP contribution >= 0.6 is 0 Å². The van der Waals surface area contributed by atoms with Gasteiger partial charge in [-0.25, -0.2) is 0 Å². The molecule has 0 saturated carbocycles. The van der Waals surface area contributed by atoms with Crippen LogP contribution in [0.1, 0.15) is 129 Å².